The first-order valence-corrected chi connectivity index (χ1v) is 12.0. The Morgan fingerprint density at radius 3 is 2.56 bits per heavy atom. The molecule has 4 rings (SSSR count). The second kappa shape index (κ2) is 10.5. The number of rotatable bonds is 7. The molecule has 0 N–H and O–H groups in total. The van der Waals surface area contributed by atoms with E-state index >= 15 is 0 Å². The molecule has 0 unspecified atom stereocenters. The fourth-order valence-electron chi connectivity index (χ4n) is 3.18. The Morgan fingerprint density at radius 2 is 1.82 bits per heavy atom. The number of ketones is 1. The van der Waals surface area contributed by atoms with Crippen molar-refractivity contribution >= 4 is 62.3 Å². The zero-order chi connectivity index (χ0) is 24.2. The Bertz CT molecular complexity index is 1290. The first-order chi connectivity index (χ1) is 16.3. The number of carbonyl (C=O) groups is 3. The number of Topliss-reactive ketones (excluding diaryl/α,β-unsaturated/α-hetero) is 1. The van der Waals surface area contributed by atoms with Crippen molar-refractivity contribution in [1.29, 1.82) is 0 Å². The largest absolute Gasteiger partial charge is 0.489 e. The molecule has 34 heavy (non-hydrogen) atoms. The van der Waals surface area contributed by atoms with Gasteiger partial charge in [0.1, 0.15) is 18.2 Å². The van der Waals surface area contributed by atoms with E-state index in [0.717, 1.165) is 21.1 Å². The minimum atomic E-state index is -0.537. The molecular formula is C25H16BrClFNO4S. The van der Waals surface area contributed by atoms with Gasteiger partial charge in [-0.15, -0.1) is 0 Å². The number of ether oxygens (including phenoxy) is 1. The van der Waals surface area contributed by atoms with Crippen LogP contribution in [-0.2, 0) is 11.4 Å². The van der Waals surface area contributed by atoms with Crippen LogP contribution in [0.25, 0.3) is 6.08 Å². The average molecular weight is 561 g/mol. The minimum absolute atomic E-state index is 0.0658. The van der Waals surface area contributed by atoms with Crippen molar-refractivity contribution in [2.24, 2.45) is 0 Å². The summed E-state index contributed by atoms with van der Waals surface area (Å²) in [7, 11) is 0. The smallest absolute Gasteiger partial charge is 0.293 e. The van der Waals surface area contributed by atoms with Gasteiger partial charge >= 0.3 is 0 Å². The van der Waals surface area contributed by atoms with E-state index < -0.39 is 17.0 Å². The standard InChI is InChI=1S/C25H16BrClFNO4S/c26-17-9-7-16(8-10-17)22(30)13-29-24(31)23(34-25(29)32)12-15-3-1-4-18(11-15)33-14-19-20(27)5-2-6-21(19)28/h1-12H,13-14H2/b23-12+. The molecule has 0 aromatic heterocycles. The van der Waals surface area contributed by atoms with Crippen molar-refractivity contribution in [3.05, 3.63) is 104 Å². The van der Waals surface area contributed by atoms with Crippen molar-refractivity contribution in [3.8, 4) is 5.75 Å². The van der Waals surface area contributed by atoms with Gasteiger partial charge < -0.3 is 4.74 Å². The highest BCUT2D eigenvalue weighted by Crippen LogP contribution is 2.33. The molecule has 172 valence electrons. The van der Waals surface area contributed by atoms with Crippen LogP contribution in [0.15, 0.2) is 76.1 Å². The second-order valence-corrected chi connectivity index (χ2v) is 9.58. The van der Waals surface area contributed by atoms with Gasteiger partial charge in [-0.25, -0.2) is 4.39 Å². The first-order valence-electron chi connectivity index (χ1n) is 10.0. The zero-order valence-corrected chi connectivity index (χ0v) is 20.6. The molecule has 9 heteroatoms. The lowest BCUT2D eigenvalue weighted by molar-refractivity contribution is -0.122. The Kier molecular flexibility index (Phi) is 7.50. The highest BCUT2D eigenvalue weighted by molar-refractivity contribution is 9.10. The Balaban J connectivity index is 1.45. The SMILES string of the molecule is O=C(CN1C(=O)S/C(=C/c2cccc(OCc3c(F)cccc3Cl)c2)C1=O)c1ccc(Br)cc1. The van der Waals surface area contributed by atoms with E-state index in [1.54, 1.807) is 60.7 Å². The van der Waals surface area contributed by atoms with Crippen molar-refractivity contribution in [2.75, 3.05) is 6.54 Å². The minimum Gasteiger partial charge on any atom is -0.489 e. The van der Waals surface area contributed by atoms with Crippen molar-refractivity contribution in [1.82, 2.24) is 4.90 Å². The van der Waals surface area contributed by atoms with E-state index in [-0.39, 0.29) is 34.4 Å². The molecule has 3 aromatic rings. The number of benzene rings is 3. The fourth-order valence-corrected chi connectivity index (χ4v) is 4.50. The van der Waals surface area contributed by atoms with Crippen LogP contribution in [0, 0.1) is 5.82 Å². The molecule has 0 radical (unpaired) electrons. The molecular weight excluding hydrogens is 545 g/mol. The van der Waals surface area contributed by atoms with Crippen molar-refractivity contribution in [2.45, 2.75) is 6.61 Å². The maximum atomic E-state index is 14.0. The Labute approximate surface area is 212 Å². The van der Waals surface area contributed by atoms with E-state index in [2.05, 4.69) is 15.9 Å². The molecule has 3 aromatic carbocycles. The van der Waals surface area contributed by atoms with Crippen LogP contribution in [0.2, 0.25) is 5.02 Å². The number of halogens is 3. The summed E-state index contributed by atoms with van der Waals surface area (Å²) in [5, 5.41) is -0.245. The zero-order valence-electron chi connectivity index (χ0n) is 17.5. The number of hydrogen-bond donors (Lipinski definition) is 0. The third-order valence-corrected chi connectivity index (χ3v) is 6.73. The normalized spacial score (nSPS) is 14.7. The summed E-state index contributed by atoms with van der Waals surface area (Å²) in [6, 6.07) is 17.9. The molecule has 1 aliphatic heterocycles. The lowest BCUT2D eigenvalue weighted by Gasteiger charge is -2.11. The third-order valence-electron chi connectivity index (χ3n) is 4.94. The van der Waals surface area contributed by atoms with Gasteiger partial charge in [0.25, 0.3) is 11.1 Å². The highest BCUT2D eigenvalue weighted by Gasteiger charge is 2.36. The molecule has 0 spiro atoms. The van der Waals surface area contributed by atoms with Crippen LogP contribution in [0.1, 0.15) is 21.5 Å². The van der Waals surface area contributed by atoms with Gasteiger partial charge in [0.15, 0.2) is 5.78 Å². The summed E-state index contributed by atoms with van der Waals surface area (Å²) in [4.78, 5) is 38.8. The van der Waals surface area contributed by atoms with Gasteiger partial charge in [-0.2, -0.15) is 0 Å². The predicted molar refractivity (Wildman–Crippen MR) is 133 cm³/mol. The molecule has 0 saturated carbocycles. The summed E-state index contributed by atoms with van der Waals surface area (Å²) in [6.07, 6.45) is 1.55. The predicted octanol–water partition coefficient (Wildman–Crippen LogP) is 6.74. The van der Waals surface area contributed by atoms with Crippen molar-refractivity contribution in [3.63, 3.8) is 0 Å². The quantitative estimate of drug-likeness (QED) is 0.237. The van der Waals surface area contributed by atoms with E-state index in [0.29, 0.717) is 16.9 Å². The fraction of sp³-hybridized carbons (Fsp3) is 0.0800. The summed E-state index contributed by atoms with van der Waals surface area (Å²) in [6.45, 7) is -0.403. The van der Waals surface area contributed by atoms with Crippen LogP contribution in [0.4, 0.5) is 9.18 Å². The highest BCUT2D eigenvalue weighted by atomic mass is 79.9. The van der Waals surface area contributed by atoms with Gasteiger partial charge in [0.2, 0.25) is 0 Å². The lowest BCUT2D eigenvalue weighted by Crippen LogP contribution is -2.33. The molecule has 5 nitrogen and oxygen atoms in total. The molecule has 0 atom stereocenters. The van der Waals surface area contributed by atoms with Gasteiger partial charge in [-0.3, -0.25) is 19.3 Å². The number of carbonyl (C=O) groups excluding carboxylic acids is 3. The molecule has 1 heterocycles. The molecule has 0 bridgehead atoms. The summed E-state index contributed by atoms with van der Waals surface area (Å²) in [5.41, 5.74) is 1.26. The molecule has 1 fully saturated rings. The van der Waals surface area contributed by atoms with Crippen LogP contribution >= 0.6 is 39.3 Å². The molecule has 0 aliphatic carbocycles. The van der Waals surface area contributed by atoms with Gasteiger partial charge in [0.05, 0.1) is 16.5 Å². The van der Waals surface area contributed by atoms with Gasteiger partial charge in [-0.05, 0) is 59.8 Å². The van der Waals surface area contributed by atoms with E-state index in [1.807, 2.05) is 0 Å². The summed E-state index contributed by atoms with van der Waals surface area (Å²) >= 11 is 10.1. The lowest BCUT2D eigenvalue weighted by atomic mass is 10.1. The number of hydrogen-bond acceptors (Lipinski definition) is 5. The summed E-state index contributed by atoms with van der Waals surface area (Å²) in [5.74, 6) is -0.893. The maximum absolute atomic E-state index is 14.0. The van der Waals surface area contributed by atoms with E-state index in [9.17, 15) is 18.8 Å². The number of nitrogens with zero attached hydrogens (tertiary/aromatic N) is 1. The molecule has 1 aliphatic rings. The van der Waals surface area contributed by atoms with Crippen molar-refractivity contribution < 1.29 is 23.5 Å². The first kappa shape index (κ1) is 24.2. The number of amides is 2. The van der Waals surface area contributed by atoms with Gasteiger partial charge in [0, 0.05) is 15.6 Å². The third kappa shape index (κ3) is 5.58. The van der Waals surface area contributed by atoms with Crippen LogP contribution < -0.4 is 4.74 Å². The topological polar surface area (TPSA) is 63.7 Å². The second-order valence-electron chi connectivity index (χ2n) is 7.26. The van der Waals surface area contributed by atoms with Crippen LogP contribution in [0.3, 0.4) is 0 Å². The van der Waals surface area contributed by atoms with Crippen LogP contribution in [0.5, 0.6) is 5.75 Å². The number of imide groups is 1. The average Bonchev–Trinajstić information content (AvgIpc) is 3.06. The van der Waals surface area contributed by atoms with E-state index in [4.69, 9.17) is 16.3 Å². The number of thioether (sulfide) groups is 1. The van der Waals surface area contributed by atoms with E-state index in [1.165, 1.54) is 12.1 Å². The summed E-state index contributed by atoms with van der Waals surface area (Å²) < 4.78 is 20.4. The van der Waals surface area contributed by atoms with Crippen LogP contribution in [-0.4, -0.2) is 28.4 Å². The van der Waals surface area contributed by atoms with Gasteiger partial charge in [-0.1, -0.05) is 57.9 Å². The Hall–Kier alpha value is -2.94. The maximum Gasteiger partial charge on any atom is 0.293 e. The molecule has 2 amide bonds. The molecule has 1 saturated heterocycles. The Morgan fingerprint density at radius 1 is 1.09 bits per heavy atom. The monoisotopic (exact) mass is 559 g/mol.